The monoisotopic (exact) mass is 271 g/mol. The third-order valence-electron chi connectivity index (χ3n) is 3.58. The molecule has 6 heteroatoms. The van der Waals surface area contributed by atoms with Gasteiger partial charge in [0.25, 0.3) is 0 Å². The lowest BCUT2D eigenvalue weighted by Crippen LogP contribution is -2.57. The van der Waals surface area contributed by atoms with Crippen molar-refractivity contribution in [2.24, 2.45) is 0 Å². The quantitative estimate of drug-likeness (QED) is 0.770. The Labute approximate surface area is 112 Å². The van der Waals surface area contributed by atoms with Gasteiger partial charge in [0.05, 0.1) is 12.3 Å². The Morgan fingerprint density at radius 1 is 1.50 bits per heavy atom. The molecule has 0 aliphatic carbocycles. The molecule has 2 heterocycles. The number of hydrogen-bond donors (Lipinski definition) is 1. The molecule has 0 spiro atoms. The maximum atomic E-state index is 11.9. The average molecular weight is 271 g/mol. The number of piperidine rings is 1. The van der Waals surface area contributed by atoms with Crippen LogP contribution in [0.2, 0.25) is 0 Å². The predicted octanol–water partition coefficient (Wildman–Crippen LogP) is -0.228. The molecule has 1 N–H and O–H groups in total. The summed E-state index contributed by atoms with van der Waals surface area (Å²) in [6.07, 6.45) is 3.97. The molecule has 0 radical (unpaired) electrons. The van der Waals surface area contributed by atoms with Gasteiger partial charge in [0.1, 0.15) is 0 Å². The van der Waals surface area contributed by atoms with Crippen LogP contribution in [0, 0.1) is 0 Å². The largest absolute Gasteiger partial charge is 0.340 e. The minimum atomic E-state index is 0.172. The lowest BCUT2D eigenvalue weighted by Gasteiger charge is -2.41. The Balaban J connectivity index is 1.93. The maximum absolute atomic E-state index is 11.9. The number of carbonyl (C=O) groups excluding carboxylic acids is 2. The van der Waals surface area contributed by atoms with Gasteiger partial charge in [0, 0.05) is 32.2 Å². The lowest BCUT2D eigenvalue weighted by atomic mass is 10.0. The minimum Gasteiger partial charge on any atom is -0.340 e. The van der Waals surface area contributed by atoms with E-state index in [-0.39, 0.29) is 17.9 Å². The molecule has 1 unspecified atom stereocenters. The van der Waals surface area contributed by atoms with Crippen LogP contribution in [0.1, 0.15) is 12.8 Å². The van der Waals surface area contributed by atoms with E-state index in [2.05, 4.69) is 5.32 Å². The van der Waals surface area contributed by atoms with Crippen LogP contribution in [0.15, 0.2) is 0 Å². The fourth-order valence-corrected chi connectivity index (χ4v) is 3.09. The van der Waals surface area contributed by atoms with Crippen molar-refractivity contribution in [1.82, 2.24) is 15.1 Å². The summed E-state index contributed by atoms with van der Waals surface area (Å²) in [7, 11) is 0. The Morgan fingerprint density at radius 2 is 2.33 bits per heavy atom. The van der Waals surface area contributed by atoms with Crippen LogP contribution in [0.25, 0.3) is 0 Å². The average Bonchev–Trinajstić information content (AvgIpc) is 2.40. The Morgan fingerprint density at radius 3 is 3.06 bits per heavy atom. The van der Waals surface area contributed by atoms with Crippen LogP contribution >= 0.6 is 11.8 Å². The Kier molecular flexibility index (Phi) is 4.88. The SMILES string of the molecule is CSCC(=O)N1CCCC(N2CCNCC2=O)C1. The smallest absolute Gasteiger partial charge is 0.236 e. The van der Waals surface area contributed by atoms with E-state index in [0.29, 0.717) is 18.8 Å². The van der Waals surface area contributed by atoms with Gasteiger partial charge in [0.15, 0.2) is 0 Å². The van der Waals surface area contributed by atoms with Gasteiger partial charge in [-0.05, 0) is 19.1 Å². The molecule has 2 aliphatic rings. The molecule has 2 fully saturated rings. The zero-order chi connectivity index (χ0) is 13.0. The van der Waals surface area contributed by atoms with Crippen molar-refractivity contribution in [2.45, 2.75) is 18.9 Å². The van der Waals surface area contributed by atoms with Crippen molar-refractivity contribution < 1.29 is 9.59 Å². The number of carbonyl (C=O) groups is 2. The zero-order valence-electron chi connectivity index (χ0n) is 10.9. The molecular weight excluding hydrogens is 250 g/mol. The molecule has 0 bridgehead atoms. The first-order chi connectivity index (χ1) is 8.72. The molecule has 0 aromatic heterocycles. The van der Waals surface area contributed by atoms with Gasteiger partial charge < -0.3 is 15.1 Å². The summed E-state index contributed by atoms with van der Waals surface area (Å²) in [5, 5.41) is 3.08. The third kappa shape index (κ3) is 3.17. The highest BCUT2D eigenvalue weighted by Crippen LogP contribution is 2.17. The number of nitrogens with zero attached hydrogens (tertiary/aromatic N) is 2. The van der Waals surface area contributed by atoms with E-state index < -0.39 is 0 Å². The number of amides is 2. The van der Waals surface area contributed by atoms with Crippen LogP contribution in [0.4, 0.5) is 0 Å². The van der Waals surface area contributed by atoms with Crippen molar-refractivity contribution in [3.8, 4) is 0 Å². The summed E-state index contributed by atoms with van der Waals surface area (Å²) >= 11 is 1.56. The van der Waals surface area contributed by atoms with Crippen molar-refractivity contribution >= 4 is 23.6 Å². The van der Waals surface area contributed by atoms with Crippen LogP contribution in [0.5, 0.6) is 0 Å². The van der Waals surface area contributed by atoms with Crippen molar-refractivity contribution in [3.05, 3.63) is 0 Å². The van der Waals surface area contributed by atoms with Crippen molar-refractivity contribution in [3.63, 3.8) is 0 Å². The van der Waals surface area contributed by atoms with Crippen LogP contribution in [-0.4, -0.2) is 72.4 Å². The van der Waals surface area contributed by atoms with Gasteiger partial charge in [-0.3, -0.25) is 9.59 Å². The van der Waals surface area contributed by atoms with Gasteiger partial charge in [-0.15, -0.1) is 0 Å². The van der Waals surface area contributed by atoms with E-state index in [1.54, 1.807) is 11.8 Å². The van der Waals surface area contributed by atoms with E-state index in [0.717, 1.165) is 32.5 Å². The second-order valence-electron chi connectivity index (χ2n) is 4.83. The topological polar surface area (TPSA) is 52.7 Å². The Hall–Kier alpha value is -0.750. The number of rotatable bonds is 3. The highest BCUT2D eigenvalue weighted by atomic mass is 32.2. The second-order valence-corrected chi connectivity index (χ2v) is 5.70. The number of likely N-dealkylation sites (tertiary alicyclic amines) is 1. The van der Waals surface area contributed by atoms with Crippen LogP contribution in [0.3, 0.4) is 0 Å². The summed E-state index contributed by atoms with van der Waals surface area (Å²) in [6, 6.07) is 0.221. The number of hydrogen-bond acceptors (Lipinski definition) is 4. The minimum absolute atomic E-state index is 0.172. The fraction of sp³-hybridized carbons (Fsp3) is 0.833. The molecule has 2 aliphatic heterocycles. The van der Waals surface area contributed by atoms with Crippen LogP contribution in [-0.2, 0) is 9.59 Å². The molecule has 0 aromatic rings. The first-order valence-corrected chi connectivity index (χ1v) is 7.88. The van der Waals surface area contributed by atoms with Gasteiger partial charge in [0.2, 0.25) is 11.8 Å². The summed E-state index contributed by atoms with van der Waals surface area (Å²) < 4.78 is 0. The van der Waals surface area contributed by atoms with E-state index >= 15 is 0 Å². The van der Waals surface area contributed by atoms with E-state index in [1.807, 2.05) is 16.1 Å². The first kappa shape index (κ1) is 13.7. The number of thioether (sulfide) groups is 1. The normalized spacial score (nSPS) is 25.4. The predicted molar refractivity (Wildman–Crippen MR) is 72.6 cm³/mol. The van der Waals surface area contributed by atoms with E-state index in [1.165, 1.54) is 0 Å². The summed E-state index contributed by atoms with van der Waals surface area (Å²) in [5.41, 5.74) is 0. The molecule has 0 aromatic carbocycles. The van der Waals surface area contributed by atoms with Gasteiger partial charge >= 0.3 is 0 Å². The molecule has 18 heavy (non-hydrogen) atoms. The van der Waals surface area contributed by atoms with E-state index in [4.69, 9.17) is 0 Å². The molecule has 2 rings (SSSR count). The first-order valence-electron chi connectivity index (χ1n) is 6.49. The lowest BCUT2D eigenvalue weighted by molar-refractivity contribution is -0.139. The highest BCUT2D eigenvalue weighted by molar-refractivity contribution is 7.99. The zero-order valence-corrected chi connectivity index (χ0v) is 11.7. The van der Waals surface area contributed by atoms with Gasteiger partial charge in [-0.25, -0.2) is 0 Å². The maximum Gasteiger partial charge on any atom is 0.236 e. The van der Waals surface area contributed by atoms with Gasteiger partial charge in [-0.2, -0.15) is 11.8 Å². The fourth-order valence-electron chi connectivity index (χ4n) is 2.66. The molecular formula is C12H21N3O2S. The third-order valence-corrected chi connectivity index (χ3v) is 4.12. The standard InChI is InChI=1S/C12H21N3O2S/c1-18-9-12(17)14-5-2-3-10(8-14)15-6-4-13-7-11(15)16/h10,13H,2-9H2,1H3. The second kappa shape index (κ2) is 6.43. The van der Waals surface area contributed by atoms with Gasteiger partial charge in [-0.1, -0.05) is 0 Å². The summed E-state index contributed by atoms with van der Waals surface area (Å²) in [5.74, 6) is 0.919. The Bertz CT molecular complexity index is 324. The van der Waals surface area contributed by atoms with Crippen molar-refractivity contribution in [2.75, 3.05) is 44.7 Å². The van der Waals surface area contributed by atoms with Crippen LogP contribution < -0.4 is 5.32 Å². The highest BCUT2D eigenvalue weighted by Gasteiger charge is 2.31. The molecule has 0 saturated carbocycles. The number of nitrogens with one attached hydrogen (secondary N) is 1. The molecule has 2 saturated heterocycles. The number of piperazine rings is 1. The summed E-state index contributed by atoms with van der Waals surface area (Å²) in [4.78, 5) is 27.6. The molecule has 2 amide bonds. The molecule has 102 valence electrons. The molecule has 5 nitrogen and oxygen atoms in total. The van der Waals surface area contributed by atoms with Crippen molar-refractivity contribution in [1.29, 1.82) is 0 Å². The summed E-state index contributed by atoms with van der Waals surface area (Å²) in [6.45, 7) is 3.63. The molecule has 1 atom stereocenters. The van der Waals surface area contributed by atoms with E-state index in [9.17, 15) is 9.59 Å².